The summed E-state index contributed by atoms with van der Waals surface area (Å²) in [6, 6.07) is 83.9. The topological polar surface area (TPSA) is 0 Å². The molecule has 0 radical (unpaired) electrons. The summed E-state index contributed by atoms with van der Waals surface area (Å²) in [6.07, 6.45) is 12.7. The molecule has 0 saturated carbocycles. The zero-order valence-corrected chi connectivity index (χ0v) is 43.8. The minimum atomic E-state index is 0.362. The van der Waals surface area contributed by atoms with E-state index in [1.807, 2.05) is 45.8 Å². The molecule has 1 atom stereocenters. The third kappa shape index (κ3) is 8.42. The Balaban J connectivity index is 0.823. The van der Waals surface area contributed by atoms with Gasteiger partial charge in [0.15, 0.2) is 0 Å². The zero-order chi connectivity index (χ0) is 49.0. The number of thiophene rings is 3. The van der Waals surface area contributed by atoms with Gasteiger partial charge < -0.3 is 0 Å². The summed E-state index contributed by atoms with van der Waals surface area (Å²) in [7, 11) is 0. The highest BCUT2D eigenvalue weighted by atomic mass is 32.2. The molecule has 1 aliphatic carbocycles. The minimum Gasteiger partial charge on any atom is -0.135 e. The fourth-order valence-corrected chi connectivity index (χ4v) is 15.6. The number of hydrogen-bond donors (Lipinski definition) is 0. The lowest BCUT2D eigenvalue weighted by Gasteiger charge is -2.25. The van der Waals surface area contributed by atoms with Crippen LogP contribution in [0.5, 0.6) is 0 Å². The smallest absolute Gasteiger partial charge is 0.0449 e. The Morgan fingerprint density at radius 2 is 0.797 bits per heavy atom. The summed E-state index contributed by atoms with van der Waals surface area (Å²) in [5, 5.41) is 8.03. The van der Waals surface area contributed by atoms with Crippen molar-refractivity contribution in [3.8, 4) is 74.5 Å². The van der Waals surface area contributed by atoms with Crippen molar-refractivity contribution in [1.29, 1.82) is 0 Å². The fourth-order valence-electron chi connectivity index (χ4n) is 11.1. The minimum absolute atomic E-state index is 0.362. The van der Waals surface area contributed by atoms with Crippen LogP contribution in [0.2, 0.25) is 0 Å². The summed E-state index contributed by atoms with van der Waals surface area (Å²) in [5.74, 6) is 0. The first-order valence-electron chi connectivity index (χ1n) is 25.5. The molecular weight excluding hydrogens is 969 g/mol. The van der Waals surface area contributed by atoms with Gasteiger partial charge in [-0.3, -0.25) is 0 Å². The van der Waals surface area contributed by atoms with Crippen molar-refractivity contribution < 1.29 is 0 Å². The van der Waals surface area contributed by atoms with Gasteiger partial charge in [0, 0.05) is 39.4 Å². The number of rotatable bonds is 10. The van der Waals surface area contributed by atoms with Crippen LogP contribution in [-0.2, 0) is 0 Å². The average molecular weight is 1020 g/mol. The molecule has 12 aromatic rings. The first kappa shape index (κ1) is 45.1. The summed E-state index contributed by atoms with van der Waals surface area (Å²) in [5.41, 5.74) is 15.3. The quantitative estimate of drug-likeness (QED) is 0.132. The molecular formula is C70H48S4. The lowest BCUT2D eigenvalue weighted by Crippen LogP contribution is -2.00. The molecule has 9 aromatic carbocycles. The van der Waals surface area contributed by atoms with E-state index in [1.54, 1.807) is 0 Å². The van der Waals surface area contributed by atoms with E-state index >= 15 is 0 Å². The van der Waals surface area contributed by atoms with E-state index in [-0.39, 0.29) is 0 Å². The van der Waals surface area contributed by atoms with Crippen LogP contribution >= 0.6 is 45.8 Å². The van der Waals surface area contributed by atoms with Gasteiger partial charge in [0.05, 0.1) is 0 Å². The maximum atomic E-state index is 2.46. The Morgan fingerprint density at radius 1 is 0.324 bits per heavy atom. The standard InChI is InChI=1S/C70H48S4/c1-3-15-49(16-4-1)67-57-21-11-12-22-58(57)68(50-17-5-2-6-18-50)70(52-31-27-48(28-32-52)60-36-40-64(72-60)66-42-38-62(74-66)56-34-24-46-14-8-10-20-54(46)44-56)69(67)51-29-25-47(26-30-51)59-35-39-63(71-59)65-41-37-61(73-65)55-33-23-45-13-7-9-19-53(45)43-55/h1,3-5,7-35,37-44,60H,2,6,36H2. The molecule has 4 heteroatoms. The monoisotopic (exact) mass is 1020 g/mol. The molecule has 4 heterocycles. The Labute approximate surface area is 449 Å². The molecule has 0 nitrogen and oxygen atoms in total. The number of thioether (sulfide) groups is 1. The van der Waals surface area contributed by atoms with E-state index in [9.17, 15) is 0 Å². The Bertz CT molecular complexity index is 4170. The predicted molar refractivity (Wildman–Crippen MR) is 326 cm³/mol. The normalized spacial score (nSPS) is 14.5. The van der Waals surface area contributed by atoms with Crippen LogP contribution in [0.15, 0.2) is 249 Å². The van der Waals surface area contributed by atoms with Gasteiger partial charge in [0.25, 0.3) is 0 Å². The van der Waals surface area contributed by atoms with Gasteiger partial charge in [-0.25, -0.2) is 0 Å². The number of benzene rings is 9. The van der Waals surface area contributed by atoms with Crippen LogP contribution in [0, 0.1) is 0 Å². The van der Waals surface area contributed by atoms with Crippen molar-refractivity contribution in [3.05, 3.63) is 265 Å². The van der Waals surface area contributed by atoms with Crippen LogP contribution in [0.1, 0.15) is 40.5 Å². The van der Waals surface area contributed by atoms with Crippen molar-refractivity contribution in [1.82, 2.24) is 0 Å². The van der Waals surface area contributed by atoms with Crippen molar-refractivity contribution in [2.24, 2.45) is 0 Å². The van der Waals surface area contributed by atoms with Gasteiger partial charge in [0.1, 0.15) is 0 Å². The average Bonchev–Trinajstić information content (AvgIpc) is 4.36. The van der Waals surface area contributed by atoms with Crippen molar-refractivity contribution in [2.45, 2.75) is 24.5 Å². The first-order chi connectivity index (χ1) is 36.6. The van der Waals surface area contributed by atoms with Gasteiger partial charge in [-0.1, -0.05) is 200 Å². The van der Waals surface area contributed by atoms with Crippen molar-refractivity contribution in [3.63, 3.8) is 0 Å². The Kier molecular flexibility index (Phi) is 11.8. The highest BCUT2D eigenvalue weighted by Gasteiger charge is 2.27. The molecule has 14 rings (SSSR count). The van der Waals surface area contributed by atoms with E-state index < -0.39 is 0 Å². The highest BCUT2D eigenvalue weighted by Crippen LogP contribution is 2.53. The third-order valence-corrected chi connectivity index (χ3v) is 19.9. The molecule has 0 fully saturated rings. The largest absolute Gasteiger partial charge is 0.135 e. The summed E-state index contributed by atoms with van der Waals surface area (Å²) in [4.78, 5) is 9.22. The predicted octanol–water partition coefficient (Wildman–Crippen LogP) is 22.0. The number of allylic oxidation sites excluding steroid dienone is 5. The second-order valence-corrected chi connectivity index (χ2v) is 23.8. The fraction of sp³-hybridized carbons (Fsp3) is 0.0571. The molecule has 352 valence electrons. The second-order valence-electron chi connectivity index (χ2n) is 19.3. The molecule has 2 aliphatic rings. The van der Waals surface area contributed by atoms with Gasteiger partial charge in [-0.05, 0) is 167 Å². The van der Waals surface area contributed by atoms with Crippen molar-refractivity contribution in [2.75, 3.05) is 0 Å². The van der Waals surface area contributed by atoms with Crippen LogP contribution in [0.4, 0.5) is 0 Å². The molecule has 1 aliphatic heterocycles. The van der Waals surface area contributed by atoms with E-state index in [2.05, 4.69) is 249 Å². The summed E-state index contributed by atoms with van der Waals surface area (Å²) < 4.78 is 0. The van der Waals surface area contributed by atoms with Gasteiger partial charge in [-0.15, -0.1) is 45.8 Å². The lowest BCUT2D eigenvalue weighted by molar-refractivity contribution is 0.991. The molecule has 3 aromatic heterocycles. The molecule has 0 N–H and O–H groups in total. The van der Waals surface area contributed by atoms with Crippen LogP contribution in [-0.4, -0.2) is 0 Å². The molecule has 0 bridgehead atoms. The van der Waals surface area contributed by atoms with E-state index in [0.29, 0.717) is 5.25 Å². The Morgan fingerprint density at radius 3 is 1.42 bits per heavy atom. The molecule has 1 unspecified atom stereocenters. The van der Waals surface area contributed by atoms with E-state index in [0.717, 1.165) is 19.3 Å². The van der Waals surface area contributed by atoms with Gasteiger partial charge in [0.2, 0.25) is 0 Å². The SMILES string of the molecule is C1=CC(c2c(-c3ccc(C4CC=C(c5ccc(-c6ccc7ccccc7c6)s5)S4)cc3)c(-c3ccc(-c4ccc(-c5ccc(-c6ccc7ccccc7c6)s5)s4)cc3)c(-c3ccccc3)c3ccccc23)=CCC1. The summed E-state index contributed by atoms with van der Waals surface area (Å²) in [6.45, 7) is 0. The number of fused-ring (bicyclic) bond motifs is 3. The third-order valence-electron chi connectivity index (χ3n) is 14.7. The highest BCUT2D eigenvalue weighted by molar-refractivity contribution is 8.09. The molecule has 0 spiro atoms. The molecule has 0 amide bonds. The zero-order valence-electron chi connectivity index (χ0n) is 40.5. The van der Waals surface area contributed by atoms with Crippen LogP contribution in [0.25, 0.3) is 117 Å². The first-order valence-corrected chi connectivity index (χ1v) is 28.9. The van der Waals surface area contributed by atoms with E-state index in [4.69, 9.17) is 0 Å². The lowest BCUT2D eigenvalue weighted by atomic mass is 9.78. The number of hydrogen-bond acceptors (Lipinski definition) is 4. The van der Waals surface area contributed by atoms with Crippen LogP contribution < -0.4 is 0 Å². The second kappa shape index (κ2) is 19.4. The maximum absolute atomic E-state index is 2.46. The maximum Gasteiger partial charge on any atom is 0.0449 e. The van der Waals surface area contributed by atoms with Crippen LogP contribution in [0.3, 0.4) is 0 Å². The van der Waals surface area contributed by atoms with E-state index in [1.165, 1.54) is 133 Å². The van der Waals surface area contributed by atoms with Crippen molar-refractivity contribution >= 4 is 88.6 Å². The Hall–Kier alpha value is -7.57. The molecule has 74 heavy (non-hydrogen) atoms. The van der Waals surface area contributed by atoms with Gasteiger partial charge in [-0.2, -0.15) is 0 Å². The molecule has 0 saturated heterocycles. The van der Waals surface area contributed by atoms with Gasteiger partial charge >= 0.3 is 0 Å². The summed E-state index contributed by atoms with van der Waals surface area (Å²) >= 11 is 7.67.